The number of guanidine groups is 1. The van der Waals surface area contributed by atoms with Gasteiger partial charge in [0.1, 0.15) is 0 Å². The van der Waals surface area contributed by atoms with Crippen LogP contribution >= 0.6 is 0 Å². The van der Waals surface area contributed by atoms with Gasteiger partial charge in [0.05, 0.1) is 6.54 Å². The number of rotatable bonds is 8. The molecule has 216 valence electrons. The van der Waals surface area contributed by atoms with Crippen molar-refractivity contribution in [1.29, 1.82) is 5.53 Å². The first-order chi connectivity index (χ1) is 19.8. The van der Waals surface area contributed by atoms with Crippen molar-refractivity contribution in [3.63, 3.8) is 0 Å². The number of amides is 2. The predicted molar refractivity (Wildman–Crippen MR) is 162 cm³/mol. The van der Waals surface area contributed by atoms with E-state index < -0.39 is 5.91 Å². The van der Waals surface area contributed by atoms with Gasteiger partial charge < -0.3 is 10.7 Å². The van der Waals surface area contributed by atoms with Gasteiger partial charge in [-0.25, -0.2) is 5.53 Å². The second kappa shape index (κ2) is 14.0. The Morgan fingerprint density at radius 1 is 1.00 bits per heavy atom. The van der Waals surface area contributed by atoms with Crippen LogP contribution in [0.5, 0.6) is 0 Å². The van der Waals surface area contributed by atoms with Crippen molar-refractivity contribution < 1.29 is 9.59 Å². The number of carbonyl (C=O) groups excluding carboxylic acids is 2. The Balaban J connectivity index is 1.57. The first kappa shape index (κ1) is 29.9. The molecule has 0 aliphatic heterocycles. The van der Waals surface area contributed by atoms with Gasteiger partial charge in [-0.05, 0) is 84.4 Å². The zero-order valence-electron chi connectivity index (χ0n) is 24.3. The molecule has 0 aromatic heterocycles. The smallest absolute Gasteiger partial charge is 0.265 e. The third-order valence-electron chi connectivity index (χ3n) is 8.14. The van der Waals surface area contributed by atoms with Gasteiger partial charge in [-0.1, -0.05) is 76.5 Å². The first-order valence-electron chi connectivity index (χ1n) is 14.7. The van der Waals surface area contributed by atoms with E-state index in [1.807, 2.05) is 41.3 Å². The molecule has 2 amide bonds. The van der Waals surface area contributed by atoms with Crippen LogP contribution in [0.2, 0.25) is 0 Å². The SMILES string of the molecule is CC(C)Cc1ccc(C(=O)N(Cc2ccc(C(=O)N/C(N=N)=N/N)cc2)C2=CC(C)C(C3CCCCC3)C=C2)cc1. The fourth-order valence-corrected chi connectivity index (χ4v) is 6.00. The standard InChI is InChI=1S/C33H42N6O2/c1-22(2)19-24-9-15-28(16-10-24)32(41)39(29-17-18-30(23(3)20-29)26-7-5-4-6-8-26)21-25-11-13-27(14-12-25)31(40)36-33(37-34)38-35/h9-18,20,22-23,26,30,34H,4-8,19,21,35H2,1-3H3,(H,36,38,40). The maximum absolute atomic E-state index is 14.0. The van der Waals surface area contributed by atoms with Crippen molar-refractivity contribution in [1.82, 2.24) is 10.2 Å². The molecular formula is C33H42N6O2. The number of hydrogen-bond acceptors (Lipinski definition) is 5. The van der Waals surface area contributed by atoms with E-state index in [-0.39, 0.29) is 11.9 Å². The van der Waals surface area contributed by atoms with Crippen molar-refractivity contribution in [3.8, 4) is 0 Å². The summed E-state index contributed by atoms with van der Waals surface area (Å²) >= 11 is 0. The summed E-state index contributed by atoms with van der Waals surface area (Å²) in [7, 11) is 0. The minimum Gasteiger partial charge on any atom is -0.320 e. The number of nitrogens with zero attached hydrogens (tertiary/aromatic N) is 3. The Bertz CT molecular complexity index is 1300. The van der Waals surface area contributed by atoms with Crippen LogP contribution in [0.1, 0.15) is 84.7 Å². The zero-order valence-corrected chi connectivity index (χ0v) is 24.3. The number of hydrogen-bond donors (Lipinski definition) is 3. The normalized spacial score (nSPS) is 19.5. The second-order valence-electron chi connectivity index (χ2n) is 11.7. The second-order valence-corrected chi connectivity index (χ2v) is 11.7. The molecule has 2 aromatic rings. The van der Waals surface area contributed by atoms with Gasteiger partial charge in [0.25, 0.3) is 17.8 Å². The maximum atomic E-state index is 14.0. The molecule has 2 atom stereocenters. The molecule has 1 saturated carbocycles. The van der Waals surface area contributed by atoms with Crippen LogP contribution in [0.4, 0.5) is 0 Å². The fourth-order valence-electron chi connectivity index (χ4n) is 6.00. The summed E-state index contributed by atoms with van der Waals surface area (Å²) < 4.78 is 0. The third-order valence-corrected chi connectivity index (χ3v) is 8.14. The first-order valence-corrected chi connectivity index (χ1v) is 14.7. The minimum atomic E-state index is -0.466. The van der Waals surface area contributed by atoms with Crippen molar-refractivity contribution in [3.05, 3.63) is 94.7 Å². The molecule has 2 aliphatic carbocycles. The molecule has 1 fully saturated rings. The number of nitrogens with two attached hydrogens (primary N) is 1. The van der Waals surface area contributed by atoms with E-state index in [1.54, 1.807) is 12.1 Å². The van der Waals surface area contributed by atoms with Crippen LogP contribution in [0.25, 0.3) is 0 Å². The van der Waals surface area contributed by atoms with Crippen LogP contribution in [0.3, 0.4) is 0 Å². The van der Waals surface area contributed by atoms with E-state index in [1.165, 1.54) is 37.7 Å². The quantitative estimate of drug-likeness (QED) is 0.109. The van der Waals surface area contributed by atoms with E-state index in [4.69, 9.17) is 11.4 Å². The maximum Gasteiger partial charge on any atom is 0.265 e. The molecule has 8 nitrogen and oxygen atoms in total. The summed E-state index contributed by atoms with van der Waals surface area (Å²) in [5, 5.41) is 8.72. The number of carbonyl (C=O) groups is 2. The van der Waals surface area contributed by atoms with Crippen LogP contribution in [-0.2, 0) is 13.0 Å². The van der Waals surface area contributed by atoms with Crippen LogP contribution in [0.15, 0.2) is 82.7 Å². The number of hydrazone groups is 1. The van der Waals surface area contributed by atoms with Crippen molar-refractivity contribution in [2.45, 2.75) is 65.8 Å². The Morgan fingerprint density at radius 2 is 1.63 bits per heavy atom. The van der Waals surface area contributed by atoms with Gasteiger partial charge in [0, 0.05) is 16.8 Å². The van der Waals surface area contributed by atoms with Gasteiger partial charge in [-0.15, -0.1) is 10.2 Å². The highest BCUT2D eigenvalue weighted by Gasteiger charge is 2.29. The average Bonchev–Trinajstić information content (AvgIpc) is 2.99. The van der Waals surface area contributed by atoms with Gasteiger partial charge in [0.15, 0.2) is 0 Å². The lowest BCUT2D eigenvalue weighted by Crippen LogP contribution is -2.32. The Hall–Kier alpha value is -4.07. The largest absolute Gasteiger partial charge is 0.320 e. The van der Waals surface area contributed by atoms with Crippen molar-refractivity contribution in [2.24, 2.45) is 39.7 Å². The number of nitrogens with one attached hydrogen (secondary N) is 2. The summed E-state index contributed by atoms with van der Waals surface area (Å²) in [4.78, 5) is 28.3. The molecule has 4 N–H and O–H groups in total. The van der Waals surface area contributed by atoms with Crippen LogP contribution in [0, 0.1) is 29.2 Å². The lowest BCUT2D eigenvalue weighted by Gasteiger charge is -2.35. The molecular weight excluding hydrogens is 512 g/mol. The average molecular weight is 555 g/mol. The Kier molecular flexibility index (Phi) is 10.2. The lowest BCUT2D eigenvalue weighted by molar-refractivity contribution is 0.0798. The van der Waals surface area contributed by atoms with Crippen LogP contribution < -0.4 is 11.2 Å². The summed E-state index contributed by atoms with van der Waals surface area (Å²) in [6.07, 6.45) is 14.2. The number of benzene rings is 2. The summed E-state index contributed by atoms with van der Waals surface area (Å²) in [6, 6.07) is 15.0. The topological polar surface area (TPSA) is 124 Å². The summed E-state index contributed by atoms with van der Waals surface area (Å²) in [5.41, 5.74) is 11.1. The minimum absolute atomic E-state index is 0.0528. The van der Waals surface area contributed by atoms with E-state index >= 15 is 0 Å². The molecule has 0 heterocycles. The molecule has 0 saturated heterocycles. The molecule has 2 unspecified atom stereocenters. The molecule has 0 radical (unpaired) electrons. The molecule has 8 heteroatoms. The molecule has 2 aromatic carbocycles. The zero-order chi connectivity index (χ0) is 29.4. The monoisotopic (exact) mass is 554 g/mol. The summed E-state index contributed by atoms with van der Waals surface area (Å²) in [5.74, 6) is 6.44. The highest BCUT2D eigenvalue weighted by molar-refractivity contribution is 6.05. The highest BCUT2D eigenvalue weighted by atomic mass is 16.2. The van der Waals surface area contributed by atoms with E-state index in [9.17, 15) is 9.59 Å². The molecule has 2 aliphatic rings. The van der Waals surface area contributed by atoms with E-state index in [0.29, 0.717) is 41.3 Å². The molecule has 41 heavy (non-hydrogen) atoms. The van der Waals surface area contributed by atoms with Gasteiger partial charge in [-0.3, -0.25) is 14.9 Å². The molecule has 0 spiro atoms. The highest BCUT2D eigenvalue weighted by Crippen LogP contribution is 2.38. The predicted octanol–water partition coefficient (Wildman–Crippen LogP) is 6.80. The molecule has 4 rings (SSSR count). The Morgan fingerprint density at radius 3 is 2.22 bits per heavy atom. The molecule has 0 bridgehead atoms. The number of allylic oxidation sites excluding steroid dienone is 3. The Labute approximate surface area is 243 Å². The van der Waals surface area contributed by atoms with Gasteiger partial charge in [-0.2, -0.15) is 0 Å². The summed E-state index contributed by atoms with van der Waals surface area (Å²) in [6.45, 7) is 7.01. The van der Waals surface area contributed by atoms with Crippen molar-refractivity contribution in [2.75, 3.05) is 0 Å². The fraction of sp³-hybridized carbons (Fsp3) is 0.424. The van der Waals surface area contributed by atoms with Gasteiger partial charge in [0.2, 0.25) is 0 Å². The van der Waals surface area contributed by atoms with Gasteiger partial charge >= 0.3 is 0 Å². The van der Waals surface area contributed by atoms with E-state index in [0.717, 1.165) is 17.7 Å². The lowest BCUT2D eigenvalue weighted by atomic mass is 9.73. The van der Waals surface area contributed by atoms with Crippen molar-refractivity contribution >= 4 is 17.8 Å². The van der Waals surface area contributed by atoms with E-state index in [2.05, 4.69) is 54.5 Å². The van der Waals surface area contributed by atoms with Crippen LogP contribution in [-0.4, -0.2) is 22.7 Å². The third kappa shape index (κ3) is 7.78.